The molecule has 1 atom stereocenters. The third-order valence-electron chi connectivity index (χ3n) is 2.89. The van der Waals surface area contributed by atoms with Crippen LogP contribution in [0.15, 0.2) is 48.6 Å². The van der Waals surface area contributed by atoms with Gasteiger partial charge in [0.05, 0.1) is 19.8 Å². The molecule has 21 heavy (non-hydrogen) atoms. The number of allylic oxidation sites excluding steroid dienone is 2. The molecule has 0 saturated carbocycles. The van der Waals surface area contributed by atoms with Gasteiger partial charge in [-0.05, 0) is 31.0 Å². The van der Waals surface area contributed by atoms with Crippen molar-refractivity contribution in [2.24, 2.45) is 0 Å². The first kappa shape index (κ1) is 17.0. The zero-order valence-electron chi connectivity index (χ0n) is 12.7. The number of carbonyl (C=O) groups excluding carboxylic acids is 1. The lowest BCUT2D eigenvalue weighted by atomic mass is 10.1. The highest BCUT2D eigenvalue weighted by molar-refractivity contribution is 5.82. The van der Waals surface area contributed by atoms with E-state index in [1.807, 2.05) is 36.4 Å². The molecule has 0 aromatic heterocycles. The van der Waals surface area contributed by atoms with Crippen molar-refractivity contribution in [2.75, 3.05) is 20.8 Å². The van der Waals surface area contributed by atoms with Gasteiger partial charge in [-0.15, -0.1) is 0 Å². The number of methoxy groups -OCH3 is 2. The van der Waals surface area contributed by atoms with Gasteiger partial charge >= 0.3 is 5.97 Å². The Morgan fingerprint density at radius 1 is 1.19 bits per heavy atom. The van der Waals surface area contributed by atoms with E-state index in [2.05, 4.69) is 0 Å². The molecule has 1 aromatic carbocycles. The van der Waals surface area contributed by atoms with Crippen molar-refractivity contribution in [3.05, 3.63) is 54.1 Å². The minimum Gasteiger partial charge on any atom is -0.497 e. The Morgan fingerprint density at radius 3 is 2.48 bits per heavy atom. The van der Waals surface area contributed by atoms with Crippen molar-refractivity contribution in [3.8, 4) is 5.75 Å². The first-order valence-corrected chi connectivity index (χ1v) is 6.88. The Morgan fingerprint density at radius 2 is 1.90 bits per heavy atom. The highest BCUT2D eigenvalue weighted by Gasteiger charge is 2.08. The number of rotatable bonds is 8. The Balaban J connectivity index is 2.52. The van der Waals surface area contributed by atoms with Gasteiger partial charge in [0.1, 0.15) is 5.75 Å². The summed E-state index contributed by atoms with van der Waals surface area (Å²) in [5, 5.41) is 0. The van der Waals surface area contributed by atoms with Crippen LogP contribution in [-0.4, -0.2) is 26.8 Å². The molecule has 0 aliphatic carbocycles. The zero-order chi connectivity index (χ0) is 15.5. The van der Waals surface area contributed by atoms with Gasteiger partial charge in [0.25, 0.3) is 0 Å². The predicted molar refractivity (Wildman–Crippen MR) is 82.3 cm³/mol. The van der Waals surface area contributed by atoms with Crippen LogP contribution in [-0.2, 0) is 14.3 Å². The molecule has 1 rings (SSSR count). The van der Waals surface area contributed by atoms with Crippen molar-refractivity contribution in [1.82, 2.24) is 0 Å². The summed E-state index contributed by atoms with van der Waals surface area (Å²) in [4.78, 5) is 11.1. The fraction of sp³-hybridized carbons (Fsp3) is 0.353. The maximum Gasteiger partial charge on any atom is 0.330 e. The van der Waals surface area contributed by atoms with Gasteiger partial charge in [-0.2, -0.15) is 0 Å². The van der Waals surface area contributed by atoms with E-state index in [4.69, 9.17) is 14.2 Å². The Hall–Kier alpha value is -2.07. The monoisotopic (exact) mass is 290 g/mol. The molecular formula is C17H22O4. The number of ether oxygens (including phenoxy) is 3. The second-order valence-electron chi connectivity index (χ2n) is 4.27. The van der Waals surface area contributed by atoms with E-state index >= 15 is 0 Å². The van der Waals surface area contributed by atoms with Gasteiger partial charge in [-0.1, -0.05) is 30.4 Å². The third kappa shape index (κ3) is 6.27. The second-order valence-corrected chi connectivity index (χ2v) is 4.27. The van der Waals surface area contributed by atoms with Crippen LogP contribution in [0.3, 0.4) is 0 Å². The molecule has 4 heteroatoms. The van der Waals surface area contributed by atoms with Crippen LogP contribution in [0.4, 0.5) is 0 Å². The van der Waals surface area contributed by atoms with Gasteiger partial charge in [0, 0.05) is 13.2 Å². The average Bonchev–Trinajstić information content (AvgIpc) is 2.51. The zero-order valence-corrected chi connectivity index (χ0v) is 12.7. The van der Waals surface area contributed by atoms with Gasteiger partial charge < -0.3 is 14.2 Å². The normalized spacial score (nSPS) is 12.7. The Bertz CT molecular complexity index is 474. The fourth-order valence-electron chi connectivity index (χ4n) is 1.79. The molecule has 0 fully saturated rings. The van der Waals surface area contributed by atoms with Crippen molar-refractivity contribution in [2.45, 2.75) is 19.4 Å². The lowest BCUT2D eigenvalue weighted by molar-refractivity contribution is -0.137. The molecule has 0 amide bonds. The maximum atomic E-state index is 11.1. The van der Waals surface area contributed by atoms with Gasteiger partial charge in [-0.3, -0.25) is 0 Å². The van der Waals surface area contributed by atoms with E-state index in [1.165, 1.54) is 6.08 Å². The molecule has 0 saturated heterocycles. The summed E-state index contributed by atoms with van der Waals surface area (Å²) < 4.78 is 15.4. The Labute approximate surface area is 126 Å². The van der Waals surface area contributed by atoms with Crippen LogP contribution in [0.25, 0.3) is 0 Å². The molecule has 4 nitrogen and oxygen atoms in total. The van der Waals surface area contributed by atoms with E-state index in [9.17, 15) is 4.79 Å². The van der Waals surface area contributed by atoms with Crippen LogP contribution in [0, 0.1) is 0 Å². The molecule has 0 aliphatic rings. The third-order valence-corrected chi connectivity index (χ3v) is 2.89. The Kier molecular flexibility index (Phi) is 7.90. The summed E-state index contributed by atoms with van der Waals surface area (Å²) in [6, 6.07) is 7.78. The largest absolute Gasteiger partial charge is 0.497 e. The lowest BCUT2D eigenvalue weighted by Crippen LogP contribution is -2.00. The van der Waals surface area contributed by atoms with Crippen LogP contribution in [0.1, 0.15) is 25.0 Å². The summed E-state index contributed by atoms with van der Waals surface area (Å²) in [6.07, 6.45) is 7.52. The fourth-order valence-corrected chi connectivity index (χ4v) is 1.79. The lowest BCUT2D eigenvalue weighted by Gasteiger charge is -2.14. The van der Waals surface area contributed by atoms with E-state index < -0.39 is 0 Å². The highest BCUT2D eigenvalue weighted by Crippen LogP contribution is 2.23. The molecule has 1 aromatic rings. The SMILES string of the molecule is CCOC(=O)C=CC=CCC(OC)c1ccc(OC)cc1. The predicted octanol–water partition coefficient (Wildman–Crippen LogP) is 3.45. The quantitative estimate of drug-likeness (QED) is 0.418. The van der Waals surface area contributed by atoms with Crippen molar-refractivity contribution in [1.29, 1.82) is 0 Å². The van der Waals surface area contributed by atoms with Crippen LogP contribution in [0.5, 0.6) is 5.75 Å². The van der Waals surface area contributed by atoms with Crippen molar-refractivity contribution >= 4 is 5.97 Å². The van der Waals surface area contributed by atoms with Crippen molar-refractivity contribution < 1.29 is 19.0 Å². The second kappa shape index (κ2) is 9.77. The van der Waals surface area contributed by atoms with Crippen LogP contribution < -0.4 is 4.74 Å². The summed E-state index contributed by atoms with van der Waals surface area (Å²) in [6.45, 7) is 2.16. The molecular weight excluding hydrogens is 268 g/mol. The minimum absolute atomic E-state index is 0.0249. The van der Waals surface area contributed by atoms with E-state index in [0.717, 1.165) is 17.7 Å². The first-order chi connectivity index (χ1) is 10.2. The summed E-state index contributed by atoms with van der Waals surface area (Å²) in [5.41, 5.74) is 1.08. The molecule has 0 heterocycles. The van der Waals surface area contributed by atoms with Crippen LogP contribution in [0.2, 0.25) is 0 Å². The molecule has 114 valence electrons. The molecule has 0 aliphatic heterocycles. The summed E-state index contributed by atoms with van der Waals surface area (Å²) in [5.74, 6) is 0.488. The highest BCUT2D eigenvalue weighted by atomic mass is 16.5. The minimum atomic E-state index is -0.333. The van der Waals surface area contributed by atoms with Gasteiger partial charge in [0.2, 0.25) is 0 Å². The number of hydrogen-bond acceptors (Lipinski definition) is 4. The first-order valence-electron chi connectivity index (χ1n) is 6.88. The van der Waals surface area contributed by atoms with E-state index in [1.54, 1.807) is 27.2 Å². The standard InChI is InChI=1S/C17H22O4/c1-4-21-17(18)9-7-5-6-8-16(20-3)14-10-12-15(19-2)13-11-14/h5-7,9-13,16H,4,8H2,1-3H3. The molecule has 0 spiro atoms. The number of esters is 1. The number of carbonyl (C=O) groups is 1. The van der Waals surface area contributed by atoms with Crippen LogP contribution >= 0.6 is 0 Å². The smallest absolute Gasteiger partial charge is 0.330 e. The van der Waals surface area contributed by atoms with Gasteiger partial charge in [0.15, 0.2) is 0 Å². The maximum absolute atomic E-state index is 11.1. The topological polar surface area (TPSA) is 44.8 Å². The molecule has 0 radical (unpaired) electrons. The number of benzene rings is 1. The van der Waals surface area contributed by atoms with E-state index in [-0.39, 0.29) is 12.1 Å². The summed E-state index contributed by atoms with van der Waals surface area (Å²) >= 11 is 0. The molecule has 1 unspecified atom stereocenters. The van der Waals surface area contributed by atoms with E-state index in [0.29, 0.717) is 6.61 Å². The van der Waals surface area contributed by atoms with Crippen molar-refractivity contribution in [3.63, 3.8) is 0 Å². The van der Waals surface area contributed by atoms with Gasteiger partial charge in [-0.25, -0.2) is 4.79 Å². The summed E-state index contributed by atoms with van der Waals surface area (Å²) in [7, 11) is 3.32. The average molecular weight is 290 g/mol. The number of hydrogen-bond donors (Lipinski definition) is 0. The molecule has 0 bridgehead atoms. The molecule has 0 N–H and O–H groups in total.